The lowest BCUT2D eigenvalue weighted by Crippen LogP contribution is -2.20. The number of nitro groups is 1. The molecule has 0 bridgehead atoms. The highest BCUT2D eigenvalue weighted by Crippen LogP contribution is 2.27. The summed E-state index contributed by atoms with van der Waals surface area (Å²) in [5.74, 6) is -1.40. The van der Waals surface area contributed by atoms with Gasteiger partial charge in [0.15, 0.2) is 6.61 Å². The number of nitro benzene ring substituents is 1. The zero-order valence-corrected chi connectivity index (χ0v) is 14.5. The fraction of sp³-hybridized carbons (Fsp3) is 0.111. The van der Waals surface area contributed by atoms with E-state index in [1.165, 1.54) is 18.2 Å². The smallest absolute Gasteiger partial charge is 0.331 e. The lowest BCUT2D eigenvalue weighted by molar-refractivity contribution is -0.383. The predicted molar refractivity (Wildman–Crippen MR) is 97.9 cm³/mol. The minimum Gasteiger partial charge on any atom is -0.452 e. The molecule has 2 aromatic rings. The Bertz CT molecular complexity index is 862. The van der Waals surface area contributed by atoms with Crippen molar-refractivity contribution in [3.63, 3.8) is 0 Å². The van der Waals surface area contributed by atoms with Crippen LogP contribution in [0.3, 0.4) is 0 Å². The number of carbonyl (C=O) groups is 2. The molecule has 0 heterocycles. The molecule has 0 unspecified atom stereocenters. The number of carbonyl (C=O) groups excluding carboxylic acids is 2. The third-order valence-corrected chi connectivity index (χ3v) is 3.50. The van der Waals surface area contributed by atoms with Gasteiger partial charge in [0.05, 0.1) is 4.92 Å². The van der Waals surface area contributed by atoms with Crippen LogP contribution in [0.4, 0.5) is 11.4 Å². The summed E-state index contributed by atoms with van der Waals surface area (Å²) in [7, 11) is 0. The molecule has 2 rings (SSSR count). The summed E-state index contributed by atoms with van der Waals surface area (Å²) in [5.41, 5.74) is 1.53. The Morgan fingerprint density at radius 1 is 1.23 bits per heavy atom. The Balaban J connectivity index is 1.89. The Labute approximate surface area is 154 Å². The first-order valence-corrected chi connectivity index (χ1v) is 7.88. The summed E-state index contributed by atoms with van der Waals surface area (Å²) in [6.45, 7) is 1.38. The van der Waals surface area contributed by atoms with Crippen LogP contribution < -0.4 is 5.32 Å². The van der Waals surface area contributed by atoms with E-state index in [1.54, 1.807) is 6.08 Å². The van der Waals surface area contributed by atoms with Gasteiger partial charge in [-0.1, -0.05) is 41.4 Å². The fourth-order valence-corrected chi connectivity index (χ4v) is 2.14. The summed E-state index contributed by atoms with van der Waals surface area (Å²) >= 11 is 5.70. The molecule has 2 aromatic carbocycles. The molecule has 0 radical (unpaired) electrons. The van der Waals surface area contributed by atoms with Gasteiger partial charge >= 0.3 is 5.97 Å². The van der Waals surface area contributed by atoms with E-state index in [0.29, 0.717) is 0 Å². The van der Waals surface area contributed by atoms with Crippen LogP contribution in [0.25, 0.3) is 6.08 Å². The molecule has 0 aromatic heterocycles. The maximum Gasteiger partial charge on any atom is 0.331 e. The molecule has 0 aliphatic rings. The van der Waals surface area contributed by atoms with E-state index in [2.05, 4.69) is 5.32 Å². The van der Waals surface area contributed by atoms with Crippen molar-refractivity contribution in [1.29, 1.82) is 0 Å². The second kappa shape index (κ2) is 8.77. The number of ether oxygens (including phenoxy) is 1. The third kappa shape index (κ3) is 5.71. The van der Waals surface area contributed by atoms with Gasteiger partial charge in [-0.2, -0.15) is 0 Å². The lowest BCUT2D eigenvalue weighted by atomic mass is 10.1. The molecule has 1 N–H and O–H groups in total. The number of hydrogen-bond donors (Lipinski definition) is 1. The van der Waals surface area contributed by atoms with Gasteiger partial charge in [0.1, 0.15) is 5.69 Å². The summed E-state index contributed by atoms with van der Waals surface area (Å²) in [6, 6.07) is 11.3. The number of anilines is 1. The van der Waals surface area contributed by atoms with Crippen LogP contribution in [-0.4, -0.2) is 23.4 Å². The number of nitrogens with one attached hydrogen (secondary N) is 1. The van der Waals surface area contributed by atoms with Gasteiger partial charge in [-0.25, -0.2) is 4.79 Å². The number of aryl methyl sites for hydroxylation is 1. The van der Waals surface area contributed by atoms with E-state index in [4.69, 9.17) is 16.3 Å². The van der Waals surface area contributed by atoms with Crippen molar-refractivity contribution in [3.05, 3.63) is 74.8 Å². The van der Waals surface area contributed by atoms with Crippen LogP contribution in [0.5, 0.6) is 0 Å². The number of rotatable bonds is 6. The van der Waals surface area contributed by atoms with E-state index >= 15 is 0 Å². The normalized spacial score (nSPS) is 10.5. The first-order chi connectivity index (χ1) is 12.3. The molecule has 7 nitrogen and oxygen atoms in total. The molecule has 0 saturated carbocycles. The number of esters is 1. The fourth-order valence-electron chi connectivity index (χ4n) is 1.97. The van der Waals surface area contributed by atoms with Gasteiger partial charge in [0.2, 0.25) is 0 Å². The van der Waals surface area contributed by atoms with Crippen molar-refractivity contribution >= 4 is 40.9 Å². The Morgan fingerprint density at radius 2 is 1.92 bits per heavy atom. The van der Waals surface area contributed by atoms with Crippen LogP contribution in [0, 0.1) is 17.0 Å². The number of benzene rings is 2. The lowest BCUT2D eigenvalue weighted by Gasteiger charge is -2.06. The zero-order chi connectivity index (χ0) is 19.1. The maximum atomic E-state index is 11.8. The zero-order valence-electron chi connectivity index (χ0n) is 13.8. The highest BCUT2D eigenvalue weighted by molar-refractivity contribution is 6.31. The molecule has 26 heavy (non-hydrogen) atoms. The van der Waals surface area contributed by atoms with Gasteiger partial charge in [0, 0.05) is 17.2 Å². The first-order valence-electron chi connectivity index (χ1n) is 7.50. The Kier molecular flexibility index (Phi) is 6.46. The Morgan fingerprint density at radius 3 is 2.58 bits per heavy atom. The molecule has 1 amide bonds. The highest BCUT2D eigenvalue weighted by Gasteiger charge is 2.17. The summed E-state index contributed by atoms with van der Waals surface area (Å²) in [5, 5.41) is 13.4. The molecule has 8 heteroatoms. The van der Waals surface area contributed by atoms with Gasteiger partial charge in [0.25, 0.3) is 11.6 Å². The van der Waals surface area contributed by atoms with E-state index in [1.807, 2.05) is 31.2 Å². The molecular weight excluding hydrogens is 360 g/mol. The molecule has 0 atom stereocenters. The van der Waals surface area contributed by atoms with Crippen molar-refractivity contribution in [3.8, 4) is 0 Å². The largest absolute Gasteiger partial charge is 0.452 e. The second-order valence-electron chi connectivity index (χ2n) is 5.32. The molecule has 134 valence electrons. The minimum atomic E-state index is -0.702. The van der Waals surface area contributed by atoms with Crippen molar-refractivity contribution in [2.75, 3.05) is 11.9 Å². The average Bonchev–Trinajstić information content (AvgIpc) is 2.61. The van der Waals surface area contributed by atoms with E-state index in [9.17, 15) is 19.7 Å². The van der Waals surface area contributed by atoms with Gasteiger partial charge < -0.3 is 10.1 Å². The molecular formula is C18H15ClN2O5. The quantitative estimate of drug-likeness (QED) is 0.359. The molecule has 0 saturated heterocycles. The van der Waals surface area contributed by atoms with Gasteiger partial charge in [-0.15, -0.1) is 0 Å². The van der Waals surface area contributed by atoms with Gasteiger partial charge in [-0.3, -0.25) is 14.9 Å². The maximum absolute atomic E-state index is 11.8. The first kappa shape index (κ1) is 19.1. The molecule has 0 spiro atoms. The van der Waals surface area contributed by atoms with Gasteiger partial charge in [-0.05, 0) is 30.7 Å². The van der Waals surface area contributed by atoms with E-state index < -0.39 is 23.4 Å². The second-order valence-corrected chi connectivity index (χ2v) is 5.75. The number of amides is 1. The standard InChI is InChI=1S/C18H15ClN2O5/c1-12-2-4-13(5-3-12)6-9-18(23)26-11-17(22)20-15-8-7-14(19)10-16(15)21(24)25/h2-10H,11H2,1H3,(H,20,22)/b9-6+. The van der Waals surface area contributed by atoms with Crippen molar-refractivity contribution < 1.29 is 19.2 Å². The highest BCUT2D eigenvalue weighted by atomic mass is 35.5. The third-order valence-electron chi connectivity index (χ3n) is 3.27. The number of nitrogens with zero attached hydrogens (tertiary/aromatic N) is 1. The summed E-state index contributed by atoms with van der Waals surface area (Å²) < 4.78 is 4.81. The van der Waals surface area contributed by atoms with Crippen LogP contribution >= 0.6 is 11.6 Å². The minimum absolute atomic E-state index is 0.0318. The summed E-state index contributed by atoms with van der Waals surface area (Å²) in [6.07, 6.45) is 2.76. The topological polar surface area (TPSA) is 98.5 Å². The van der Waals surface area contributed by atoms with E-state index in [-0.39, 0.29) is 16.4 Å². The number of halogens is 1. The van der Waals surface area contributed by atoms with Crippen LogP contribution in [0.2, 0.25) is 5.02 Å². The average molecular weight is 375 g/mol. The monoisotopic (exact) mass is 374 g/mol. The summed E-state index contributed by atoms with van der Waals surface area (Å²) in [4.78, 5) is 33.8. The Hall–Kier alpha value is -3.19. The number of hydrogen-bond acceptors (Lipinski definition) is 5. The van der Waals surface area contributed by atoms with Crippen molar-refractivity contribution in [2.24, 2.45) is 0 Å². The van der Waals surface area contributed by atoms with E-state index in [0.717, 1.165) is 17.2 Å². The SMILES string of the molecule is Cc1ccc(/C=C/C(=O)OCC(=O)Nc2ccc(Cl)cc2[N+](=O)[O-])cc1. The van der Waals surface area contributed by atoms with Crippen LogP contribution in [0.15, 0.2) is 48.5 Å². The predicted octanol–water partition coefficient (Wildman–Crippen LogP) is 3.75. The molecule has 0 fully saturated rings. The van der Waals surface area contributed by atoms with Crippen LogP contribution in [-0.2, 0) is 14.3 Å². The van der Waals surface area contributed by atoms with Crippen LogP contribution in [0.1, 0.15) is 11.1 Å². The van der Waals surface area contributed by atoms with Crippen molar-refractivity contribution in [2.45, 2.75) is 6.92 Å². The van der Waals surface area contributed by atoms with Crippen molar-refractivity contribution in [1.82, 2.24) is 0 Å². The molecule has 0 aliphatic heterocycles. The molecule has 0 aliphatic carbocycles.